The van der Waals surface area contributed by atoms with E-state index in [1.54, 1.807) is 0 Å². The Balaban J connectivity index is 0.975. The van der Waals surface area contributed by atoms with Crippen molar-refractivity contribution in [3.05, 3.63) is 267 Å². The number of pyridine rings is 1. The zero-order valence-electron chi connectivity index (χ0n) is 39.2. The van der Waals surface area contributed by atoms with Gasteiger partial charge < -0.3 is 0 Å². The predicted molar refractivity (Wildman–Crippen MR) is 299 cm³/mol. The first kappa shape index (κ1) is 42.5. The Hall–Kier alpha value is -9.64. The molecule has 0 aliphatic carbocycles. The molecule has 2 aromatic heterocycles. The van der Waals surface area contributed by atoms with E-state index in [4.69, 9.17) is 19.9 Å². The summed E-state index contributed by atoms with van der Waals surface area (Å²) in [6.45, 7) is 0. The molecule has 4 nitrogen and oxygen atoms in total. The van der Waals surface area contributed by atoms with Crippen molar-refractivity contribution in [1.82, 2.24) is 19.9 Å². The zero-order chi connectivity index (χ0) is 47.8. The van der Waals surface area contributed by atoms with Gasteiger partial charge in [-0.2, -0.15) is 0 Å². The molecule has 0 bridgehead atoms. The number of aromatic nitrogens is 4. The van der Waals surface area contributed by atoms with Gasteiger partial charge in [0.1, 0.15) is 0 Å². The van der Waals surface area contributed by atoms with E-state index in [0.717, 1.165) is 83.7 Å². The van der Waals surface area contributed by atoms with Gasteiger partial charge in [-0.05, 0) is 72.3 Å². The van der Waals surface area contributed by atoms with Crippen molar-refractivity contribution in [3.63, 3.8) is 0 Å². The van der Waals surface area contributed by atoms with E-state index in [1.165, 1.54) is 32.3 Å². The fraction of sp³-hybridized carbons (Fsp3) is 0. The van der Waals surface area contributed by atoms with Crippen LogP contribution in [-0.4, -0.2) is 19.9 Å². The number of hydrogen-bond donors (Lipinski definition) is 0. The van der Waals surface area contributed by atoms with Crippen LogP contribution in [0.4, 0.5) is 0 Å². The van der Waals surface area contributed by atoms with Crippen molar-refractivity contribution in [2.75, 3.05) is 0 Å². The van der Waals surface area contributed by atoms with E-state index < -0.39 is 0 Å². The quantitative estimate of drug-likeness (QED) is 0.135. The number of hydrogen-bond acceptors (Lipinski definition) is 4. The van der Waals surface area contributed by atoms with Crippen molar-refractivity contribution in [2.24, 2.45) is 0 Å². The molecule has 0 aliphatic heterocycles. The number of nitrogens with zero attached hydrogens (tertiary/aromatic N) is 4. The SMILES string of the molecule is c1ccc(-c2nc(-c3ccc(-c4c(-c5ccccc5)c(-c5ccccc5)nc(-c5ccccc5)c4-c4ccccc4)cc3)nc(-c3cccc(-c4ccc5c6ccccc6c6ccccc6c5c4)c3)n2)cc1. The second-order valence-electron chi connectivity index (χ2n) is 18.1. The summed E-state index contributed by atoms with van der Waals surface area (Å²) in [5, 5.41) is 7.51. The fourth-order valence-corrected chi connectivity index (χ4v) is 10.3. The molecule has 336 valence electrons. The minimum absolute atomic E-state index is 0.594. The van der Waals surface area contributed by atoms with Gasteiger partial charge in [0.15, 0.2) is 17.5 Å². The van der Waals surface area contributed by atoms with Gasteiger partial charge >= 0.3 is 0 Å². The summed E-state index contributed by atoms with van der Waals surface area (Å²) in [7, 11) is 0. The van der Waals surface area contributed by atoms with Crippen LogP contribution in [0.1, 0.15) is 0 Å². The Bertz CT molecular complexity index is 3970. The molecular formula is C68H44N4. The highest BCUT2D eigenvalue weighted by molar-refractivity contribution is 6.25. The molecule has 0 saturated carbocycles. The first-order valence-corrected chi connectivity index (χ1v) is 24.4. The lowest BCUT2D eigenvalue weighted by Crippen LogP contribution is -2.02. The highest BCUT2D eigenvalue weighted by atomic mass is 15.0. The molecule has 0 fully saturated rings. The Morgan fingerprint density at radius 3 is 0.958 bits per heavy atom. The maximum Gasteiger partial charge on any atom is 0.164 e. The Morgan fingerprint density at radius 2 is 0.472 bits per heavy atom. The minimum atomic E-state index is 0.594. The van der Waals surface area contributed by atoms with E-state index in [1.807, 2.05) is 18.2 Å². The summed E-state index contributed by atoms with van der Waals surface area (Å²) in [4.78, 5) is 21.2. The monoisotopic (exact) mass is 916 g/mol. The first-order chi connectivity index (χ1) is 35.7. The van der Waals surface area contributed by atoms with Crippen LogP contribution < -0.4 is 0 Å². The smallest absolute Gasteiger partial charge is 0.164 e. The predicted octanol–water partition coefficient (Wildman–Crippen LogP) is 17.7. The van der Waals surface area contributed by atoms with E-state index in [2.05, 4.69) is 249 Å². The number of rotatable bonds is 9. The van der Waals surface area contributed by atoms with E-state index >= 15 is 0 Å². The number of benzene rings is 11. The molecular weight excluding hydrogens is 873 g/mol. The molecule has 11 aromatic carbocycles. The van der Waals surface area contributed by atoms with Crippen molar-refractivity contribution < 1.29 is 0 Å². The Labute approximate surface area is 418 Å². The molecule has 0 N–H and O–H groups in total. The third-order valence-electron chi connectivity index (χ3n) is 13.7. The van der Waals surface area contributed by atoms with Gasteiger partial charge in [-0.1, -0.05) is 255 Å². The van der Waals surface area contributed by atoms with Crippen molar-refractivity contribution in [1.29, 1.82) is 0 Å². The van der Waals surface area contributed by atoms with Gasteiger partial charge in [0.05, 0.1) is 11.4 Å². The normalized spacial score (nSPS) is 11.3. The molecule has 0 radical (unpaired) electrons. The highest BCUT2D eigenvalue weighted by Gasteiger charge is 2.25. The van der Waals surface area contributed by atoms with Gasteiger partial charge in [0, 0.05) is 44.5 Å². The third kappa shape index (κ3) is 7.78. The number of fused-ring (bicyclic) bond motifs is 6. The van der Waals surface area contributed by atoms with E-state index in [0.29, 0.717) is 17.5 Å². The maximum absolute atomic E-state index is 5.63. The summed E-state index contributed by atoms with van der Waals surface area (Å²) >= 11 is 0. The van der Waals surface area contributed by atoms with Gasteiger partial charge in [-0.3, -0.25) is 0 Å². The van der Waals surface area contributed by atoms with Crippen LogP contribution in [0.15, 0.2) is 267 Å². The second-order valence-corrected chi connectivity index (χ2v) is 18.1. The molecule has 13 rings (SSSR count). The summed E-state index contributed by atoms with van der Waals surface area (Å²) in [6.07, 6.45) is 0. The van der Waals surface area contributed by atoms with E-state index in [-0.39, 0.29) is 0 Å². The van der Waals surface area contributed by atoms with Crippen LogP contribution in [0.3, 0.4) is 0 Å². The largest absolute Gasteiger partial charge is 0.246 e. The molecule has 4 heteroatoms. The molecule has 72 heavy (non-hydrogen) atoms. The first-order valence-electron chi connectivity index (χ1n) is 24.4. The summed E-state index contributed by atoms with van der Waals surface area (Å²) in [5.74, 6) is 1.81. The molecule has 0 unspecified atom stereocenters. The van der Waals surface area contributed by atoms with Gasteiger partial charge in [0.25, 0.3) is 0 Å². The lowest BCUT2D eigenvalue weighted by Gasteiger charge is -2.23. The van der Waals surface area contributed by atoms with Crippen LogP contribution in [-0.2, 0) is 0 Å². The van der Waals surface area contributed by atoms with Crippen LogP contribution in [0.5, 0.6) is 0 Å². The molecule has 0 saturated heterocycles. The Kier molecular flexibility index (Phi) is 10.8. The van der Waals surface area contributed by atoms with Gasteiger partial charge in [-0.15, -0.1) is 0 Å². The topological polar surface area (TPSA) is 51.6 Å². The summed E-state index contributed by atoms with van der Waals surface area (Å²) in [6, 6.07) is 94.1. The summed E-state index contributed by atoms with van der Waals surface area (Å²) in [5.41, 5.74) is 15.3. The maximum atomic E-state index is 5.63. The molecule has 2 heterocycles. The second kappa shape index (κ2) is 18.4. The average Bonchev–Trinajstić information content (AvgIpc) is 3.47. The van der Waals surface area contributed by atoms with Gasteiger partial charge in [0.2, 0.25) is 0 Å². The van der Waals surface area contributed by atoms with Crippen LogP contribution in [0.25, 0.3) is 134 Å². The minimum Gasteiger partial charge on any atom is -0.246 e. The van der Waals surface area contributed by atoms with Crippen LogP contribution in [0.2, 0.25) is 0 Å². The third-order valence-corrected chi connectivity index (χ3v) is 13.7. The lowest BCUT2D eigenvalue weighted by atomic mass is 9.83. The van der Waals surface area contributed by atoms with Crippen LogP contribution in [0, 0.1) is 0 Å². The molecule has 0 amide bonds. The molecule has 0 atom stereocenters. The Morgan fingerprint density at radius 1 is 0.167 bits per heavy atom. The van der Waals surface area contributed by atoms with Crippen LogP contribution >= 0.6 is 0 Å². The molecule has 0 spiro atoms. The standard InChI is InChI=1S/C68H44N4/c1-6-21-45(22-7-1)62-61(63(46-23-8-2-9-24-46)65(49-27-12-4-13-28-49)69-64(62)48-25-10-3-11-26-48)47-37-39-51(40-38-47)67-70-66(50-29-14-5-15-30-50)71-68(72-67)54-32-20-31-52(43-54)53-41-42-59-57-35-17-16-33-55(57)56-34-18-19-36-58(56)60(59)44-53/h1-44H. The zero-order valence-corrected chi connectivity index (χ0v) is 39.2. The summed E-state index contributed by atoms with van der Waals surface area (Å²) < 4.78 is 0. The highest BCUT2D eigenvalue weighted by Crippen LogP contribution is 2.49. The lowest BCUT2D eigenvalue weighted by molar-refractivity contribution is 1.07. The average molecular weight is 917 g/mol. The van der Waals surface area contributed by atoms with E-state index in [9.17, 15) is 0 Å². The van der Waals surface area contributed by atoms with Crippen molar-refractivity contribution in [2.45, 2.75) is 0 Å². The van der Waals surface area contributed by atoms with Crippen molar-refractivity contribution >= 4 is 32.3 Å². The fourth-order valence-electron chi connectivity index (χ4n) is 10.3. The van der Waals surface area contributed by atoms with Gasteiger partial charge in [-0.25, -0.2) is 19.9 Å². The molecule has 0 aliphatic rings. The van der Waals surface area contributed by atoms with Crippen molar-refractivity contribution in [3.8, 4) is 101 Å². The molecule has 13 aromatic rings.